The van der Waals surface area contributed by atoms with Crippen LogP contribution in [0.3, 0.4) is 0 Å². The Hall–Kier alpha value is -5.15. The van der Waals surface area contributed by atoms with Crippen LogP contribution in [0.25, 0.3) is 0 Å². The SMILES string of the molecule is O=C(Nc1ccc(Cl)cc1)[C@H]1[C@@H](c2cccc([N+](=O)[O-])c2)C2(C(=O)c3ccccc3C2=O)[C@H]2c3ccccc3C=NN12. The summed E-state index contributed by atoms with van der Waals surface area (Å²) in [5, 5.41) is 21.4. The fraction of sp³-hybridized carbons (Fsp3) is 0.125. The van der Waals surface area contributed by atoms with Crippen LogP contribution in [0.15, 0.2) is 102 Å². The number of rotatable bonds is 4. The van der Waals surface area contributed by atoms with E-state index in [2.05, 4.69) is 10.4 Å². The minimum atomic E-state index is -1.82. The van der Waals surface area contributed by atoms with Gasteiger partial charge in [-0.2, -0.15) is 5.10 Å². The zero-order chi connectivity index (χ0) is 29.2. The molecule has 0 saturated carbocycles. The highest BCUT2D eigenvalue weighted by Crippen LogP contribution is 2.64. The molecule has 1 spiro atoms. The lowest BCUT2D eigenvalue weighted by molar-refractivity contribution is -0.384. The maximum atomic E-state index is 14.7. The summed E-state index contributed by atoms with van der Waals surface area (Å²) in [5.41, 5.74) is 0.612. The number of anilines is 1. The average Bonchev–Trinajstić information content (AvgIpc) is 3.44. The molecule has 10 heteroatoms. The molecule has 9 nitrogen and oxygen atoms in total. The molecule has 7 rings (SSSR count). The van der Waals surface area contributed by atoms with Gasteiger partial charge in [-0.15, -0.1) is 0 Å². The van der Waals surface area contributed by atoms with Crippen LogP contribution in [0.4, 0.5) is 11.4 Å². The largest absolute Gasteiger partial charge is 0.324 e. The van der Waals surface area contributed by atoms with Gasteiger partial charge in [0.25, 0.3) is 5.69 Å². The quantitative estimate of drug-likeness (QED) is 0.186. The van der Waals surface area contributed by atoms with E-state index < -0.39 is 45.8 Å². The summed E-state index contributed by atoms with van der Waals surface area (Å²) in [6.45, 7) is 0. The first-order valence-electron chi connectivity index (χ1n) is 13.2. The second-order valence-electron chi connectivity index (χ2n) is 10.5. The molecule has 206 valence electrons. The van der Waals surface area contributed by atoms with E-state index in [1.165, 1.54) is 23.2 Å². The Balaban J connectivity index is 1.50. The maximum absolute atomic E-state index is 14.7. The molecule has 0 bridgehead atoms. The number of nitrogens with one attached hydrogen (secondary N) is 1. The first-order valence-corrected chi connectivity index (χ1v) is 13.6. The van der Waals surface area contributed by atoms with Crippen molar-refractivity contribution in [3.05, 3.63) is 140 Å². The predicted octanol–water partition coefficient (Wildman–Crippen LogP) is 5.81. The van der Waals surface area contributed by atoms with Gasteiger partial charge in [0, 0.05) is 39.9 Å². The van der Waals surface area contributed by atoms with Crippen molar-refractivity contribution in [2.75, 3.05) is 5.32 Å². The molecule has 3 aliphatic rings. The van der Waals surface area contributed by atoms with E-state index in [0.717, 1.165) is 0 Å². The fourth-order valence-corrected chi connectivity index (χ4v) is 6.86. The van der Waals surface area contributed by atoms with Gasteiger partial charge in [-0.05, 0) is 41.0 Å². The van der Waals surface area contributed by atoms with Crippen molar-refractivity contribution >= 4 is 46.7 Å². The lowest BCUT2D eigenvalue weighted by Gasteiger charge is -2.36. The number of ketones is 2. The number of nitro groups is 1. The first kappa shape index (κ1) is 25.8. The van der Waals surface area contributed by atoms with Gasteiger partial charge in [0.15, 0.2) is 11.6 Å². The highest BCUT2D eigenvalue weighted by molar-refractivity contribution is 6.32. The van der Waals surface area contributed by atoms with Crippen molar-refractivity contribution in [2.45, 2.75) is 18.0 Å². The molecule has 2 heterocycles. The van der Waals surface area contributed by atoms with Crippen molar-refractivity contribution in [3.63, 3.8) is 0 Å². The van der Waals surface area contributed by atoms with Crippen molar-refractivity contribution in [3.8, 4) is 0 Å². The highest BCUT2D eigenvalue weighted by Gasteiger charge is 2.73. The molecule has 1 amide bonds. The summed E-state index contributed by atoms with van der Waals surface area (Å²) in [7, 11) is 0. The third kappa shape index (κ3) is 3.56. The van der Waals surface area contributed by atoms with Gasteiger partial charge in [-0.1, -0.05) is 72.3 Å². The van der Waals surface area contributed by atoms with Gasteiger partial charge in [0.2, 0.25) is 5.91 Å². The van der Waals surface area contributed by atoms with Crippen molar-refractivity contribution in [1.29, 1.82) is 0 Å². The molecular weight excluding hydrogens is 556 g/mol. The summed E-state index contributed by atoms with van der Waals surface area (Å²) in [4.78, 5) is 54.9. The normalized spacial score (nSPS) is 21.2. The summed E-state index contributed by atoms with van der Waals surface area (Å²) < 4.78 is 0. The Kier molecular flexibility index (Phi) is 5.81. The zero-order valence-electron chi connectivity index (χ0n) is 21.8. The van der Waals surface area contributed by atoms with E-state index in [1.807, 2.05) is 24.3 Å². The molecule has 0 unspecified atom stereocenters. The van der Waals surface area contributed by atoms with E-state index in [9.17, 15) is 24.5 Å². The summed E-state index contributed by atoms with van der Waals surface area (Å²) in [5.74, 6) is -2.53. The Labute approximate surface area is 244 Å². The number of hydrogen-bond acceptors (Lipinski definition) is 7. The van der Waals surface area contributed by atoms with Crippen molar-refractivity contribution in [2.24, 2.45) is 10.5 Å². The number of nitro benzene ring substituents is 1. The van der Waals surface area contributed by atoms with Crippen molar-refractivity contribution < 1.29 is 19.3 Å². The van der Waals surface area contributed by atoms with Crippen LogP contribution in [-0.4, -0.2) is 39.7 Å². The minimum Gasteiger partial charge on any atom is -0.324 e. The predicted molar refractivity (Wildman–Crippen MR) is 156 cm³/mol. The van der Waals surface area contributed by atoms with E-state index in [0.29, 0.717) is 27.4 Å². The van der Waals surface area contributed by atoms with Crippen LogP contribution in [-0.2, 0) is 4.79 Å². The first-order chi connectivity index (χ1) is 20.3. The number of hydrazone groups is 1. The summed E-state index contributed by atoms with van der Waals surface area (Å²) in [6, 6.07) is 24.1. The molecule has 4 aromatic carbocycles. The summed E-state index contributed by atoms with van der Waals surface area (Å²) >= 11 is 6.05. The average molecular weight is 577 g/mol. The molecule has 1 fully saturated rings. The Bertz CT molecular complexity index is 1820. The highest BCUT2D eigenvalue weighted by atomic mass is 35.5. The minimum absolute atomic E-state index is 0.219. The molecule has 2 aliphatic heterocycles. The van der Waals surface area contributed by atoms with Crippen LogP contribution < -0.4 is 5.32 Å². The van der Waals surface area contributed by atoms with E-state index >= 15 is 0 Å². The number of hydrogen-bond donors (Lipinski definition) is 1. The van der Waals surface area contributed by atoms with E-state index in [1.54, 1.807) is 60.8 Å². The number of benzene rings is 4. The van der Waals surface area contributed by atoms with Crippen LogP contribution >= 0.6 is 11.6 Å². The number of nitrogens with zero attached hydrogens (tertiary/aromatic N) is 3. The molecule has 0 aromatic heterocycles. The third-order valence-corrected chi connectivity index (χ3v) is 8.65. The molecular formula is C32H21ClN4O5. The van der Waals surface area contributed by atoms with E-state index in [-0.39, 0.29) is 16.8 Å². The molecule has 1 N–H and O–H groups in total. The molecule has 1 saturated heterocycles. The lowest BCUT2D eigenvalue weighted by atomic mass is 9.63. The van der Waals surface area contributed by atoms with Gasteiger partial charge in [0.1, 0.15) is 11.5 Å². The maximum Gasteiger partial charge on any atom is 0.269 e. The fourth-order valence-electron chi connectivity index (χ4n) is 6.73. The monoisotopic (exact) mass is 576 g/mol. The summed E-state index contributed by atoms with van der Waals surface area (Å²) in [6.07, 6.45) is 1.61. The van der Waals surface area contributed by atoms with Crippen LogP contribution in [0, 0.1) is 15.5 Å². The van der Waals surface area contributed by atoms with Crippen molar-refractivity contribution in [1.82, 2.24) is 5.01 Å². The number of carbonyl (C=O) groups excluding carboxylic acids is 3. The number of amides is 1. The van der Waals surface area contributed by atoms with Gasteiger partial charge in [-0.25, -0.2) is 0 Å². The number of fused-ring (bicyclic) bond motifs is 5. The molecule has 4 aromatic rings. The second-order valence-corrected chi connectivity index (χ2v) is 10.9. The van der Waals surface area contributed by atoms with Crippen LogP contribution in [0.2, 0.25) is 5.02 Å². The standard InChI is InChI=1S/C32H21ClN4O5/c33-20-12-14-21(15-13-20)35-31(40)27-26(18-7-5-8-22(16-18)37(41)42)32(29(38)24-10-3-4-11-25(24)30(32)39)28-23-9-2-1-6-19(23)17-34-36(27)28/h1-17,26-28H,(H,35,40)/t26-,27-,28-/m1/s1. The van der Waals surface area contributed by atoms with Gasteiger partial charge in [-0.3, -0.25) is 29.5 Å². The Morgan fingerprint density at radius 2 is 1.57 bits per heavy atom. The molecule has 42 heavy (non-hydrogen) atoms. The molecule has 0 radical (unpaired) electrons. The third-order valence-electron chi connectivity index (χ3n) is 8.40. The molecule has 3 atom stereocenters. The van der Waals surface area contributed by atoms with Gasteiger partial charge in [0.05, 0.1) is 17.2 Å². The van der Waals surface area contributed by atoms with Gasteiger partial charge >= 0.3 is 0 Å². The smallest absolute Gasteiger partial charge is 0.269 e. The number of carbonyl (C=O) groups is 3. The molecule has 1 aliphatic carbocycles. The van der Waals surface area contributed by atoms with Crippen LogP contribution in [0.1, 0.15) is 49.4 Å². The van der Waals surface area contributed by atoms with E-state index in [4.69, 9.17) is 11.6 Å². The van der Waals surface area contributed by atoms with Gasteiger partial charge < -0.3 is 5.32 Å². The topological polar surface area (TPSA) is 122 Å². The Morgan fingerprint density at radius 1 is 0.905 bits per heavy atom. The lowest BCUT2D eigenvalue weighted by Crippen LogP contribution is -2.44. The second kappa shape index (κ2) is 9.46. The van der Waals surface area contributed by atoms with Crippen LogP contribution in [0.5, 0.6) is 0 Å². The number of halogens is 1. The number of non-ortho nitro benzene ring substituents is 1. The number of Topliss-reactive ketones (excluding diaryl/α,β-unsaturated/α-hetero) is 2. The zero-order valence-corrected chi connectivity index (χ0v) is 22.6. The Morgan fingerprint density at radius 3 is 2.26 bits per heavy atom.